The predicted molar refractivity (Wildman–Crippen MR) is 109 cm³/mol. The van der Waals surface area contributed by atoms with Crippen molar-refractivity contribution in [3.8, 4) is 0 Å². The second kappa shape index (κ2) is 8.66. The van der Waals surface area contributed by atoms with E-state index in [1.165, 1.54) is 17.9 Å². The summed E-state index contributed by atoms with van der Waals surface area (Å²) in [6.45, 7) is 1.72. The van der Waals surface area contributed by atoms with Gasteiger partial charge in [-0.2, -0.15) is 0 Å². The van der Waals surface area contributed by atoms with E-state index in [-0.39, 0.29) is 18.0 Å². The smallest absolute Gasteiger partial charge is 0.352 e. The quantitative estimate of drug-likeness (QED) is 0.365. The number of ketones is 1. The molecule has 1 amide bonds. The van der Waals surface area contributed by atoms with E-state index in [1.807, 2.05) is 31.2 Å². The number of H-pyrrole nitrogens is 1. The first-order valence-corrected chi connectivity index (χ1v) is 9.13. The van der Waals surface area contributed by atoms with Crippen LogP contribution in [0.25, 0.3) is 0 Å². The van der Waals surface area contributed by atoms with Crippen molar-refractivity contribution in [1.82, 2.24) is 15.3 Å². The second-order valence-electron chi connectivity index (χ2n) is 6.32. The lowest BCUT2D eigenvalue weighted by atomic mass is 10.1. The van der Waals surface area contributed by atoms with Crippen molar-refractivity contribution in [3.63, 3.8) is 0 Å². The molecule has 0 radical (unpaired) electrons. The van der Waals surface area contributed by atoms with Crippen LogP contribution in [-0.2, 0) is 6.54 Å². The van der Waals surface area contributed by atoms with Crippen molar-refractivity contribution in [3.05, 3.63) is 86.3 Å². The fraction of sp³-hybridized carbons (Fsp3) is 0.150. The molecule has 1 heterocycles. The number of nitrogens with zero attached hydrogens (tertiary/aromatic N) is 3. The Morgan fingerprint density at radius 1 is 1.17 bits per heavy atom. The molecule has 0 spiro atoms. The molecular formula is C20H19ClN5O3+. The molecule has 8 nitrogen and oxygen atoms in total. The lowest BCUT2D eigenvalue weighted by Gasteiger charge is -2.00. The van der Waals surface area contributed by atoms with Crippen LogP contribution in [0, 0.1) is 6.92 Å². The van der Waals surface area contributed by atoms with E-state index in [9.17, 15) is 14.4 Å². The number of hydrogen-bond donors (Lipinski definition) is 2. The van der Waals surface area contributed by atoms with Gasteiger partial charge in [-0.05, 0) is 36.8 Å². The average molecular weight is 413 g/mol. The molecular weight excluding hydrogens is 394 g/mol. The fourth-order valence-corrected chi connectivity index (χ4v) is 2.73. The maximum atomic E-state index is 12.6. The zero-order valence-corrected chi connectivity index (χ0v) is 16.6. The van der Waals surface area contributed by atoms with Crippen LogP contribution in [0.4, 0.5) is 0 Å². The zero-order valence-electron chi connectivity index (χ0n) is 15.8. The molecule has 0 saturated carbocycles. The lowest BCUT2D eigenvalue weighted by Crippen LogP contribution is -2.48. The number of hydrogen-bond acceptors (Lipinski definition) is 4. The van der Waals surface area contributed by atoms with E-state index in [0.717, 1.165) is 15.9 Å². The number of carbonyl (C=O) groups is 2. The van der Waals surface area contributed by atoms with E-state index >= 15 is 0 Å². The summed E-state index contributed by atoms with van der Waals surface area (Å²) in [6, 6.07) is 13.9. The first kappa shape index (κ1) is 20.2. The van der Waals surface area contributed by atoms with E-state index in [0.29, 0.717) is 10.6 Å². The molecule has 3 aromatic rings. The van der Waals surface area contributed by atoms with Crippen LogP contribution in [0.15, 0.2) is 58.4 Å². The van der Waals surface area contributed by atoms with Gasteiger partial charge in [0.15, 0.2) is 6.54 Å². The molecule has 1 aromatic heterocycles. The van der Waals surface area contributed by atoms with Gasteiger partial charge in [-0.1, -0.05) is 51.7 Å². The lowest BCUT2D eigenvalue weighted by molar-refractivity contribution is -0.744. The highest BCUT2D eigenvalue weighted by Gasteiger charge is 2.29. The van der Waals surface area contributed by atoms with Gasteiger partial charge in [-0.25, -0.2) is 4.79 Å². The Morgan fingerprint density at radius 3 is 2.45 bits per heavy atom. The molecule has 0 bridgehead atoms. The topological polar surface area (TPSA) is 100 Å². The molecule has 0 saturated heterocycles. The minimum atomic E-state index is -0.670. The highest BCUT2D eigenvalue weighted by molar-refractivity contribution is 6.30. The number of aromatic nitrogens is 3. The van der Waals surface area contributed by atoms with Crippen molar-refractivity contribution in [2.45, 2.75) is 13.5 Å². The van der Waals surface area contributed by atoms with Gasteiger partial charge in [-0.15, -0.1) is 4.68 Å². The highest BCUT2D eigenvalue weighted by atomic mass is 35.5. The maximum Gasteiger partial charge on any atom is 0.432 e. The Hall–Kier alpha value is -3.52. The Labute approximate surface area is 171 Å². The van der Waals surface area contributed by atoms with Gasteiger partial charge < -0.3 is 5.32 Å². The summed E-state index contributed by atoms with van der Waals surface area (Å²) in [7, 11) is 1.40. The van der Waals surface area contributed by atoms with Crippen LogP contribution in [0.2, 0.25) is 5.02 Å². The van der Waals surface area contributed by atoms with Gasteiger partial charge in [-0.3, -0.25) is 9.59 Å². The molecule has 0 aliphatic carbocycles. The fourth-order valence-electron chi connectivity index (χ4n) is 2.60. The van der Waals surface area contributed by atoms with Crippen molar-refractivity contribution < 1.29 is 14.3 Å². The number of Topliss-reactive ketones (excluding diaryl/α,β-unsaturated/α-hetero) is 1. The number of benzene rings is 2. The van der Waals surface area contributed by atoms with Gasteiger partial charge in [0.2, 0.25) is 5.78 Å². The summed E-state index contributed by atoms with van der Waals surface area (Å²) in [6.07, 6.45) is 1.48. The molecule has 0 fully saturated rings. The first-order valence-electron chi connectivity index (χ1n) is 8.76. The van der Waals surface area contributed by atoms with Crippen molar-refractivity contribution in [2.75, 3.05) is 7.05 Å². The molecule has 2 N–H and O–H groups in total. The molecule has 3 rings (SSSR count). The molecule has 0 aliphatic heterocycles. The minimum Gasteiger partial charge on any atom is -0.352 e. The summed E-state index contributed by atoms with van der Waals surface area (Å²) >= 11 is 5.84. The second-order valence-corrected chi connectivity index (χ2v) is 6.75. The predicted octanol–water partition coefficient (Wildman–Crippen LogP) is 1.55. The number of halogens is 1. The molecule has 148 valence electrons. The zero-order chi connectivity index (χ0) is 21.0. The third-order valence-electron chi connectivity index (χ3n) is 4.19. The largest absolute Gasteiger partial charge is 0.432 e. The van der Waals surface area contributed by atoms with Crippen molar-refractivity contribution in [1.29, 1.82) is 0 Å². The molecule has 29 heavy (non-hydrogen) atoms. The number of carbonyl (C=O) groups excluding carboxylic acids is 2. The van der Waals surface area contributed by atoms with Crippen molar-refractivity contribution in [2.24, 2.45) is 5.10 Å². The number of nitrogens with one attached hydrogen (secondary N) is 2. The Bertz CT molecular complexity index is 1130. The number of rotatable bonds is 6. The standard InChI is InChI=1S/C20H18ClN5O3/c1-13-3-5-14(6-4-13)11-23-26-20(29)18(19(28)22-2)25(24-26)12-17(27)15-7-9-16(21)10-8-15/h3-11H,12H2,1-2H3,(H-,22,24,28,29)/p+1/b23-11-. The van der Waals surface area contributed by atoms with E-state index in [1.54, 1.807) is 24.3 Å². The Balaban J connectivity index is 1.93. The van der Waals surface area contributed by atoms with Crippen LogP contribution >= 0.6 is 11.6 Å². The van der Waals surface area contributed by atoms with Gasteiger partial charge in [0, 0.05) is 22.4 Å². The SMILES string of the molecule is CNC(=O)c1c(=O)n(/N=C\c2ccc(C)cc2)[nH][n+]1CC(=O)c1ccc(Cl)cc1. The molecule has 9 heteroatoms. The maximum absolute atomic E-state index is 12.6. The minimum absolute atomic E-state index is 0.226. The van der Waals surface area contributed by atoms with Gasteiger partial charge in [0.1, 0.15) is 0 Å². The first-order chi connectivity index (χ1) is 13.9. The van der Waals surface area contributed by atoms with E-state index < -0.39 is 11.5 Å². The van der Waals surface area contributed by atoms with Gasteiger partial charge in [0.05, 0.1) is 6.21 Å². The third-order valence-corrected chi connectivity index (χ3v) is 4.44. The monoisotopic (exact) mass is 412 g/mol. The van der Waals surface area contributed by atoms with Crippen molar-refractivity contribution >= 4 is 29.5 Å². The van der Waals surface area contributed by atoms with E-state index in [4.69, 9.17) is 11.6 Å². The van der Waals surface area contributed by atoms with Crippen LogP contribution in [0.3, 0.4) is 0 Å². The summed E-state index contributed by atoms with van der Waals surface area (Å²) in [4.78, 5) is 38.3. The number of amides is 1. The van der Waals surface area contributed by atoms with Gasteiger partial charge in [0.25, 0.3) is 0 Å². The Morgan fingerprint density at radius 2 is 1.83 bits per heavy atom. The van der Waals surface area contributed by atoms with E-state index in [2.05, 4.69) is 15.6 Å². The summed E-state index contributed by atoms with van der Waals surface area (Å²) in [5, 5.41) is 9.67. The molecule has 0 atom stereocenters. The molecule has 2 aromatic carbocycles. The molecule has 0 aliphatic rings. The highest BCUT2D eigenvalue weighted by Crippen LogP contribution is 2.10. The summed E-state index contributed by atoms with van der Waals surface area (Å²) in [5.41, 5.74) is 1.39. The summed E-state index contributed by atoms with van der Waals surface area (Å²) < 4.78 is 1.17. The number of aromatic amines is 1. The van der Waals surface area contributed by atoms with Crippen LogP contribution in [-0.4, -0.2) is 35.0 Å². The summed E-state index contributed by atoms with van der Waals surface area (Å²) in [5.74, 6) is -0.924. The normalized spacial score (nSPS) is 11.0. The average Bonchev–Trinajstić information content (AvgIpc) is 3.02. The van der Waals surface area contributed by atoms with Crippen LogP contribution in [0.5, 0.6) is 0 Å². The molecule has 0 unspecified atom stereocenters. The van der Waals surface area contributed by atoms with Crippen LogP contribution < -0.4 is 15.6 Å². The third kappa shape index (κ3) is 4.67. The number of aryl methyl sites for hydroxylation is 1. The van der Waals surface area contributed by atoms with Gasteiger partial charge >= 0.3 is 17.2 Å². The van der Waals surface area contributed by atoms with Crippen LogP contribution in [0.1, 0.15) is 32.0 Å². The Kier molecular flexibility index (Phi) is 6.04.